The molecule has 0 saturated carbocycles. The summed E-state index contributed by atoms with van der Waals surface area (Å²) in [7, 11) is -2.39. The third-order valence-corrected chi connectivity index (χ3v) is 5.95. The van der Waals surface area contributed by atoms with Crippen LogP contribution in [-0.2, 0) is 21.2 Å². The molecule has 0 radical (unpaired) electrons. The van der Waals surface area contributed by atoms with Gasteiger partial charge in [0.25, 0.3) is 10.0 Å². The van der Waals surface area contributed by atoms with E-state index in [1.54, 1.807) is 36.4 Å². The Balaban J connectivity index is 1.74. The number of benzene rings is 3. The van der Waals surface area contributed by atoms with Crippen LogP contribution in [-0.4, -0.2) is 21.4 Å². The zero-order valence-corrected chi connectivity index (χ0v) is 18.0. The van der Waals surface area contributed by atoms with Gasteiger partial charge in [-0.05, 0) is 48.0 Å². The van der Waals surface area contributed by atoms with Crippen molar-refractivity contribution in [2.75, 3.05) is 17.1 Å². The molecule has 0 aromatic heterocycles. The highest BCUT2D eigenvalue weighted by Crippen LogP contribution is 2.27. The number of hydrogen-bond acceptors (Lipinski definition) is 4. The van der Waals surface area contributed by atoms with Crippen molar-refractivity contribution in [3.8, 4) is 5.75 Å². The molecule has 3 aromatic rings. The molecule has 2 N–H and O–H groups in total. The Morgan fingerprint density at radius 1 is 1.00 bits per heavy atom. The standard InChI is InChI=1S/C21H19BrN2O4S/c1-28-20-8-3-2-7-19(20)24-29(26,27)18-6-4-5-17(14-18)23-21(25)13-15-9-11-16(22)12-10-15/h2-12,14,24H,13H2,1H3,(H,23,25). The second-order valence-electron chi connectivity index (χ2n) is 6.19. The van der Waals surface area contributed by atoms with Gasteiger partial charge in [0.15, 0.2) is 0 Å². The van der Waals surface area contributed by atoms with Gasteiger partial charge in [0.2, 0.25) is 5.91 Å². The number of halogens is 1. The second-order valence-corrected chi connectivity index (χ2v) is 8.78. The van der Waals surface area contributed by atoms with Crippen LogP contribution in [0.3, 0.4) is 0 Å². The first-order chi connectivity index (χ1) is 13.9. The van der Waals surface area contributed by atoms with Crippen LogP contribution in [0, 0.1) is 0 Å². The summed E-state index contributed by atoms with van der Waals surface area (Å²) in [5.74, 6) is 0.176. The lowest BCUT2D eigenvalue weighted by atomic mass is 10.1. The van der Waals surface area contributed by atoms with Crippen molar-refractivity contribution in [1.29, 1.82) is 0 Å². The molecule has 29 heavy (non-hydrogen) atoms. The maximum Gasteiger partial charge on any atom is 0.262 e. The Morgan fingerprint density at radius 2 is 1.72 bits per heavy atom. The van der Waals surface area contributed by atoms with Crippen molar-refractivity contribution in [2.45, 2.75) is 11.3 Å². The summed E-state index contributed by atoms with van der Waals surface area (Å²) in [5, 5.41) is 2.74. The molecule has 0 fully saturated rings. The topological polar surface area (TPSA) is 84.5 Å². The monoisotopic (exact) mass is 474 g/mol. The van der Waals surface area contributed by atoms with E-state index in [9.17, 15) is 13.2 Å². The Morgan fingerprint density at radius 3 is 2.45 bits per heavy atom. The molecule has 8 heteroatoms. The number of nitrogens with one attached hydrogen (secondary N) is 2. The molecule has 1 amide bonds. The predicted octanol–water partition coefficient (Wildman–Crippen LogP) is 4.44. The van der Waals surface area contributed by atoms with Crippen LogP contribution in [0.4, 0.5) is 11.4 Å². The predicted molar refractivity (Wildman–Crippen MR) is 117 cm³/mol. The molecule has 0 aliphatic carbocycles. The maximum absolute atomic E-state index is 12.7. The highest BCUT2D eigenvalue weighted by molar-refractivity contribution is 9.10. The first-order valence-corrected chi connectivity index (χ1v) is 11.0. The molecule has 0 saturated heterocycles. The molecule has 0 atom stereocenters. The quantitative estimate of drug-likeness (QED) is 0.529. The van der Waals surface area contributed by atoms with Gasteiger partial charge in [-0.15, -0.1) is 0 Å². The van der Waals surface area contributed by atoms with Crippen LogP contribution >= 0.6 is 15.9 Å². The first-order valence-electron chi connectivity index (χ1n) is 8.67. The van der Waals surface area contributed by atoms with Crippen molar-refractivity contribution >= 4 is 43.2 Å². The molecule has 3 rings (SSSR count). The van der Waals surface area contributed by atoms with E-state index in [2.05, 4.69) is 26.0 Å². The summed E-state index contributed by atoms with van der Waals surface area (Å²) >= 11 is 3.35. The second kappa shape index (κ2) is 9.11. The average Bonchev–Trinajstić information content (AvgIpc) is 2.70. The van der Waals surface area contributed by atoms with Gasteiger partial charge in [0, 0.05) is 10.2 Å². The van der Waals surface area contributed by atoms with Crippen molar-refractivity contribution in [3.63, 3.8) is 0 Å². The number of ether oxygens (including phenoxy) is 1. The Bertz CT molecular complexity index is 1120. The number of methoxy groups -OCH3 is 1. The number of amides is 1. The first kappa shape index (κ1) is 20.9. The van der Waals surface area contributed by atoms with E-state index >= 15 is 0 Å². The third kappa shape index (κ3) is 5.58. The molecule has 0 unspecified atom stereocenters. The highest BCUT2D eigenvalue weighted by Gasteiger charge is 2.17. The van der Waals surface area contributed by atoms with E-state index in [0.29, 0.717) is 17.1 Å². The maximum atomic E-state index is 12.7. The fourth-order valence-electron chi connectivity index (χ4n) is 2.67. The van der Waals surface area contributed by atoms with Gasteiger partial charge in [0.1, 0.15) is 5.75 Å². The number of sulfonamides is 1. The summed E-state index contributed by atoms with van der Waals surface area (Å²) in [4.78, 5) is 12.3. The minimum Gasteiger partial charge on any atom is -0.495 e. The molecule has 6 nitrogen and oxygen atoms in total. The van der Waals surface area contributed by atoms with Crippen LogP contribution < -0.4 is 14.8 Å². The van der Waals surface area contributed by atoms with Crippen LogP contribution in [0.5, 0.6) is 5.75 Å². The van der Waals surface area contributed by atoms with Gasteiger partial charge in [-0.1, -0.05) is 46.3 Å². The summed E-state index contributed by atoms with van der Waals surface area (Å²) < 4.78 is 34.1. The normalized spacial score (nSPS) is 11.0. The highest BCUT2D eigenvalue weighted by atomic mass is 79.9. The zero-order chi connectivity index (χ0) is 20.9. The average molecular weight is 475 g/mol. The van der Waals surface area contributed by atoms with E-state index in [1.807, 2.05) is 24.3 Å². The zero-order valence-electron chi connectivity index (χ0n) is 15.6. The Hall–Kier alpha value is -2.84. The van der Waals surface area contributed by atoms with Gasteiger partial charge in [0.05, 0.1) is 24.1 Å². The number of rotatable bonds is 7. The van der Waals surface area contributed by atoms with Crippen LogP contribution in [0.15, 0.2) is 82.2 Å². The lowest BCUT2D eigenvalue weighted by Gasteiger charge is -2.12. The molecule has 3 aromatic carbocycles. The van der Waals surface area contributed by atoms with Gasteiger partial charge in [-0.2, -0.15) is 0 Å². The molecule has 0 heterocycles. The fraction of sp³-hybridized carbons (Fsp3) is 0.0952. The molecular weight excluding hydrogens is 456 g/mol. The van der Waals surface area contributed by atoms with Crippen LogP contribution in [0.2, 0.25) is 0 Å². The van der Waals surface area contributed by atoms with Crippen molar-refractivity contribution < 1.29 is 17.9 Å². The van der Waals surface area contributed by atoms with Gasteiger partial charge in [-0.25, -0.2) is 8.42 Å². The number of carbonyl (C=O) groups excluding carboxylic acids is 1. The lowest BCUT2D eigenvalue weighted by molar-refractivity contribution is -0.115. The summed E-state index contributed by atoms with van der Waals surface area (Å²) in [5.41, 5.74) is 1.59. The summed E-state index contributed by atoms with van der Waals surface area (Å²) in [6, 6.07) is 20.2. The van der Waals surface area contributed by atoms with Crippen molar-refractivity contribution in [3.05, 3.63) is 82.8 Å². The summed E-state index contributed by atoms with van der Waals surface area (Å²) in [6.45, 7) is 0. The molecular formula is C21H19BrN2O4S. The van der Waals surface area contributed by atoms with Crippen molar-refractivity contribution in [1.82, 2.24) is 0 Å². The number of anilines is 2. The number of carbonyl (C=O) groups is 1. The lowest BCUT2D eigenvalue weighted by Crippen LogP contribution is -2.16. The molecule has 150 valence electrons. The van der Waals surface area contributed by atoms with E-state index in [-0.39, 0.29) is 17.2 Å². The van der Waals surface area contributed by atoms with Crippen LogP contribution in [0.25, 0.3) is 0 Å². The van der Waals surface area contributed by atoms with E-state index in [0.717, 1.165) is 10.0 Å². The SMILES string of the molecule is COc1ccccc1NS(=O)(=O)c1cccc(NC(=O)Cc2ccc(Br)cc2)c1. The van der Waals surface area contributed by atoms with E-state index in [4.69, 9.17) is 4.74 Å². The third-order valence-electron chi connectivity index (χ3n) is 4.06. The number of hydrogen-bond donors (Lipinski definition) is 2. The van der Waals surface area contributed by atoms with Crippen molar-refractivity contribution in [2.24, 2.45) is 0 Å². The fourth-order valence-corrected chi connectivity index (χ4v) is 4.05. The van der Waals surface area contributed by atoms with Gasteiger partial charge < -0.3 is 10.1 Å². The van der Waals surface area contributed by atoms with E-state index in [1.165, 1.54) is 19.2 Å². The Kier molecular flexibility index (Phi) is 6.56. The van der Waals surface area contributed by atoms with Crippen LogP contribution in [0.1, 0.15) is 5.56 Å². The van der Waals surface area contributed by atoms with Gasteiger partial charge >= 0.3 is 0 Å². The minimum atomic E-state index is -3.85. The smallest absolute Gasteiger partial charge is 0.262 e. The Labute approximate surface area is 178 Å². The van der Waals surface area contributed by atoms with E-state index < -0.39 is 10.0 Å². The largest absolute Gasteiger partial charge is 0.495 e. The minimum absolute atomic E-state index is 0.0323. The molecule has 0 spiro atoms. The van der Waals surface area contributed by atoms with Gasteiger partial charge in [-0.3, -0.25) is 9.52 Å². The number of para-hydroxylation sites is 2. The molecule has 0 aliphatic rings. The molecule has 0 bridgehead atoms. The molecule has 0 aliphatic heterocycles. The summed E-state index contributed by atoms with van der Waals surface area (Å²) in [6.07, 6.45) is 0.184.